The van der Waals surface area contributed by atoms with Gasteiger partial charge in [0.2, 0.25) is 6.39 Å². The molecular weight excluding hydrogens is 198 g/mol. The van der Waals surface area contributed by atoms with Crippen LogP contribution in [0, 0.1) is 0 Å². The van der Waals surface area contributed by atoms with Crippen molar-refractivity contribution >= 4 is 5.97 Å². The molecule has 0 spiro atoms. The van der Waals surface area contributed by atoms with Crippen LogP contribution in [0.2, 0.25) is 0 Å². The first kappa shape index (κ1) is 11.6. The Morgan fingerprint density at radius 3 is 3.13 bits per heavy atom. The molecular formula is C9H15N3O3. The summed E-state index contributed by atoms with van der Waals surface area (Å²) >= 11 is 0. The van der Waals surface area contributed by atoms with Gasteiger partial charge in [0.1, 0.15) is 0 Å². The van der Waals surface area contributed by atoms with E-state index >= 15 is 0 Å². The molecule has 0 saturated carbocycles. The van der Waals surface area contributed by atoms with Gasteiger partial charge in [0.15, 0.2) is 5.82 Å². The zero-order valence-corrected chi connectivity index (χ0v) is 8.90. The van der Waals surface area contributed by atoms with E-state index in [-0.39, 0.29) is 12.0 Å². The number of methoxy groups -OCH3 is 1. The van der Waals surface area contributed by atoms with E-state index in [2.05, 4.69) is 24.7 Å². The van der Waals surface area contributed by atoms with E-state index in [1.807, 2.05) is 6.92 Å². The van der Waals surface area contributed by atoms with Gasteiger partial charge in [-0.3, -0.25) is 4.79 Å². The number of hydrogen-bond donors (Lipinski definition) is 1. The first-order valence-corrected chi connectivity index (χ1v) is 4.78. The van der Waals surface area contributed by atoms with E-state index in [0.29, 0.717) is 25.2 Å². The molecule has 1 heterocycles. The minimum Gasteiger partial charge on any atom is -0.469 e. The summed E-state index contributed by atoms with van der Waals surface area (Å²) in [5, 5.41) is 6.84. The van der Waals surface area contributed by atoms with Crippen molar-refractivity contribution in [3.63, 3.8) is 0 Å². The largest absolute Gasteiger partial charge is 0.469 e. The van der Waals surface area contributed by atoms with Crippen LogP contribution in [0.4, 0.5) is 0 Å². The molecule has 0 aliphatic heterocycles. The number of esters is 1. The number of rotatable bonds is 6. The predicted octanol–water partition coefficient (Wildman–Crippen LogP) is 0.153. The Hall–Kier alpha value is -1.43. The molecule has 15 heavy (non-hydrogen) atoms. The second-order valence-corrected chi connectivity index (χ2v) is 3.23. The maximum absolute atomic E-state index is 10.9. The molecule has 1 aromatic heterocycles. The Morgan fingerprint density at radius 2 is 2.53 bits per heavy atom. The third-order valence-corrected chi connectivity index (χ3v) is 1.95. The summed E-state index contributed by atoms with van der Waals surface area (Å²) in [6, 6.07) is 0.0874. The van der Waals surface area contributed by atoms with Crippen molar-refractivity contribution in [3.05, 3.63) is 12.2 Å². The standard InChI is InChI=1S/C9H15N3O3/c1-7(5-9(13)14-2)10-4-3-8-11-6-15-12-8/h6-7,10H,3-5H2,1-2H3. The quantitative estimate of drug-likeness (QED) is 0.678. The van der Waals surface area contributed by atoms with Crippen molar-refractivity contribution in [1.82, 2.24) is 15.5 Å². The van der Waals surface area contributed by atoms with Gasteiger partial charge < -0.3 is 14.6 Å². The molecule has 0 aromatic carbocycles. The van der Waals surface area contributed by atoms with Crippen LogP contribution in [0.25, 0.3) is 0 Å². The molecule has 6 nitrogen and oxygen atoms in total. The van der Waals surface area contributed by atoms with Crippen molar-refractivity contribution < 1.29 is 14.1 Å². The lowest BCUT2D eigenvalue weighted by molar-refractivity contribution is -0.141. The van der Waals surface area contributed by atoms with Crippen molar-refractivity contribution in [3.8, 4) is 0 Å². The second-order valence-electron chi connectivity index (χ2n) is 3.23. The molecule has 0 amide bonds. The Balaban J connectivity index is 2.12. The highest BCUT2D eigenvalue weighted by Crippen LogP contribution is 1.94. The van der Waals surface area contributed by atoms with Crippen LogP contribution in [-0.4, -0.2) is 35.8 Å². The first-order chi connectivity index (χ1) is 7.22. The van der Waals surface area contributed by atoms with E-state index in [1.165, 1.54) is 13.5 Å². The van der Waals surface area contributed by atoms with Gasteiger partial charge >= 0.3 is 5.97 Å². The highest BCUT2D eigenvalue weighted by molar-refractivity contribution is 5.69. The number of nitrogens with zero attached hydrogens (tertiary/aromatic N) is 2. The first-order valence-electron chi connectivity index (χ1n) is 4.78. The second kappa shape index (κ2) is 6.13. The molecule has 0 aliphatic carbocycles. The summed E-state index contributed by atoms with van der Waals surface area (Å²) in [7, 11) is 1.38. The predicted molar refractivity (Wildman–Crippen MR) is 52.1 cm³/mol. The fourth-order valence-corrected chi connectivity index (χ4v) is 1.14. The minimum atomic E-state index is -0.213. The van der Waals surface area contributed by atoms with Crippen LogP contribution in [-0.2, 0) is 16.0 Å². The number of nitrogens with one attached hydrogen (secondary N) is 1. The summed E-state index contributed by atoms with van der Waals surface area (Å²) in [6.07, 6.45) is 2.35. The molecule has 0 radical (unpaired) electrons. The molecule has 1 aromatic rings. The number of ether oxygens (including phenoxy) is 1. The van der Waals surface area contributed by atoms with Gasteiger partial charge in [-0.15, -0.1) is 0 Å². The fourth-order valence-electron chi connectivity index (χ4n) is 1.14. The van der Waals surface area contributed by atoms with Gasteiger partial charge in [0, 0.05) is 19.0 Å². The van der Waals surface area contributed by atoms with E-state index in [1.54, 1.807) is 0 Å². The van der Waals surface area contributed by atoms with Crippen LogP contribution in [0.15, 0.2) is 10.9 Å². The van der Waals surface area contributed by atoms with Crippen LogP contribution >= 0.6 is 0 Å². The average Bonchev–Trinajstić information content (AvgIpc) is 2.70. The number of aromatic nitrogens is 2. The van der Waals surface area contributed by atoms with Crippen LogP contribution in [0.1, 0.15) is 19.2 Å². The van der Waals surface area contributed by atoms with Crippen molar-refractivity contribution in [1.29, 1.82) is 0 Å². The van der Waals surface area contributed by atoms with E-state index in [4.69, 9.17) is 0 Å². The van der Waals surface area contributed by atoms with Crippen molar-refractivity contribution in [2.24, 2.45) is 0 Å². The average molecular weight is 213 g/mol. The molecule has 1 unspecified atom stereocenters. The zero-order chi connectivity index (χ0) is 11.1. The van der Waals surface area contributed by atoms with Crippen LogP contribution in [0.3, 0.4) is 0 Å². The Morgan fingerprint density at radius 1 is 1.73 bits per heavy atom. The summed E-state index contributed by atoms with van der Waals surface area (Å²) in [6.45, 7) is 2.63. The molecule has 1 rings (SSSR count). The van der Waals surface area contributed by atoms with Gasteiger partial charge in [-0.25, -0.2) is 0 Å². The monoisotopic (exact) mass is 213 g/mol. The Bertz CT molecular complexity index is 287. The van der Waals surface area contributed by atoms with Gasteiger partial charge in [-0.2, -0.15) is 4.98 Å². The molecule has 0 saturated heterocycles. The van der Waals surface area contributed by atoms with E-state index in [0.717, 1.165) is 0 Å². The highest BCUT2D eigenvalue weighted by atomic mass is 16.5. The van der Waals surface area contributed by atoms with Crippen LogP contribution < -0.4 is 5.32 Å². The maximum Gasteiger partial charge on any atom is 0.307 e. The van der Waals surface area contributed by atoms with Gasteiger partial charge in [-0.1, -0.05) is 5.16 Å². The lowest BCUT2D eigenvalue weighted by Crippen LogP contribution is -2.30. The third kappa shape index (κ3) is 4.55. The molecule has 0 aliphatic rings. The van der Waals surface area contributed by atoms with Crippen molar-refractivity contribution in [2.75, 3.05) is 13.7 Å². The van der Waals surface area contributed by atoms with E-state index < -0.39 is 0 Å². The third-order valence-electron chi connectivity index (χ3n) is 1.95. The lowest BCUT2D eigenvalue weighted by atomic mass is 10.2. The number of carbonyl (C=O) groups is 1. The van der Waals surface area contributed by atoms with Crippen molar-refractivity contribution in [2.45, 2.75) is 25.8 Å². The maximum atomic E-state index is 10.9. The van der Waals surface area contributed by atoms with Gasteiger partial charge in [0.25, 0.3) is 0 Å². The lowest BCUT2D eigenvalue weighted by Gasteiger charge is -2.10. The van der Waals surface area contributed by atoms with Gasteiger partial charge in [0.05, 0.1) is 13.5 Å². The van der Waals surface area contributed by atoms with E-state index in [9.17, 15) is 4.79 Å². The molecule has 84 valence electrons. The topological polar surface area (TPSA) is 77.2 Å². The highest BCUT2D eigenvalue weighted by Gasteiger charge is 2.08. The fraction of sp³-hybridized carbons (Fsp3) is 0.667. The number of hydrogen-bond acceptors (Lipinski definition) is 6. The zero-order valence-electron chi connectivity index (χ0n) is 8.90. The normalized spacial score (nSPS) is 12.4. The summed E-state index contributed by atoms with van der Waals surface area (Å²) in [4.78, 5) is 14.8. The molecule has 1 atom stereocenters. The summed E-state index contributed by atoms with van der Waals surface area (Å²) in [5.74, 6) is 0.447. The van der Waals surface area contributed by atoms with Gasteiger partial charge in [-0.05, 0) is 6.92 Å². The number of carbonyl (C=O) groups excluding carboxylic acids is 1. The summed E-state index contributed by atoms with van der Waals surface area (Å²) < 4.78 is 9.15. The Labute approximate surface area is 88.0 Å². The molecule has 1 N–H and O–H groups in total. The SMILES string of the molecule is COC(=O)CC(C)NCCc1ncon1. The van der Waals surface area contributed by atoms with Crippen LogP contribution in [0.5, 0.6) is 0 Å². The minimum absolute atomic E-state index is 0.0874. The molecule has 0 fully saturated rings. The Kier molecular flexibility index (Phi) is 4.76. The molecule has 6 heteroatoms. The molecule has 0 bridgehead atoms. The summed E-state index contributed by atoms with van der Waals surface area (Å²) in [5.41, 5.74) is 0. The smallest absolute Gasteiger partial charge is 0.307 e.